The summed E-state index contributed by atoms with van der Waals surface area (Å²) in [7, 11) is 1.63. The molecule has 4 aromatic rings. The molecule has 1 unspecified atom stereocenters. The second-order valence-electron chi connectivity index (χ2n) is 8.66. The Hall–Kier alpha value is -4.05. The maximum atomic E-state index is 13.1. The molecule has 1 fully saturated rings. The van der Waals surface area contributed by atoms with Crippen LogP contribution in [0.15, 0.2) is 82.6 Å². The average molecular weight is 518 g/mol. The van der Waals surface area contributed by atoms with Crippen LogP contribution in [0.2, 0.25) is 0 Å². The van der Waals surface area contributed by atoms with Gasteiger partial charge in [0.15, 0.2) is 16.7 Å². The molecule has 3 heterocycles. The first-order chi connectivity index (χ1) is 18.0. The fourth-order valence-electron chi connectivity index (χ4n) is 4.37. The molecule has 37 heavy (non-hydrogen) atoms. The molecule has 0 N–H and O–H groups in total. The van der Waals surface area contributed by atoms with E-state index in [-0.39, 0.29) is 23.6 Å². The molecule has 9 nitrogen and oxygen atoms in total. The summed E-state index contributed by atoms with van der Waals surface area (Å²) in [4.78, 5) is 29.4. The molecule has 5 rings (SSSR count). The summed E-state index contributed by atoms with van der Waals surface area (Å²) >= 11 is 1.35. The molecule has 1 saturated heterocycles. The zero-order valence-corrected chi connectivity index (χ0v) is 21.4. The van der Waals surface area contributed by atoms with E-state index in [0.717, 1.165) is 17.0 Å². The number of methoxy groups -OCH3 is 1. The van der Waals surface area contributed by atoms with E-state index < -0.39 is 0 Å². The molecule has 0 bridgehead atoms. The highest BCUT2D eigenvalue weighted by molar-refractivity contribution is 7.99. The second kappa shape index (κ2) is 10.9. The molecular weight excluding hydrogens is 490 g/mol. The van der Waals surface area contributed by atoms with Crippen LogP contribution in [0.5, 0.6) is 5.75 Å². The Balaban J connectivity index is 1.30. The van der Waals surface area contributed by atoms with Crippen LogP contribution in [0, 0.1) is 0 Å². The number of piperazine rings is 1. The quantitative estimate of drug-likeness (QED) is 0.342. The van der Waals surface area contributed by atoms with Crippen molar-refractivity contribution in [1.29, 1.82) is 0 Å². The number of carbonyl (C=O) groups is 2. The number of para-hydroxylation sites is 1. The molecule has 1 aliphatic rings. The largest absolute Gasteiger partial charge is 0.497 e. The molecule has 0 saturated carbocycles. The van der Waals surface area contributed by atoms with Gasteiger partial charge in [0.05, 0.1) is 19.1 Å². The van der Waals surface area contributed by atoms with Gasteiger partial charge in [0.1, 0.15) is 5.75 Å². The number of thioether (sulfide) groups is 1. The normalized spacial score (nSPS) is 15.6. The van der Waals surface area contributed by atoms with Crippen LogP contribution < -0.4 is 4.74 Å². The molecule has 10 heteroatoms. The van der Waals surface area contributed by atoms with Crippen LogP contribution in [0.3, 0.4) is 0 Å². The Labute approximate surface area is 219 Å². The summed E-state index contributed by atoms with van der Waals surface area (Å²) < 4.78 is 12.6. The number of hydrogen-bond acceptors (Lipinski definition) is 7. The number of hydrogen-bond donors (Lipinski definition) is 0. The van der Waals surface area contributed by atoms with E-state index in [2.05, 4.69) is 10.2 Å². The van der Waals surface area contributed by atoms with Crippen molar-refractivity contribution in [3.8, 4) is 22.8 Å². The van der Waals surface area contributed by atoms with Gasteiger partial charge in [0.2, 0.25) is 5.91 Å². The van der Waals surface area contributed by atoms with E-state index in [0.29, 0.717) is 36.4 Å². The minimum atomic E-state index is -0.153. The summed E-state index contributed by atoms with van der Waals surface area (Å²) in [6.45, 7) is 3.33. The minimum absolute atomic E-state index is 0.00695. The second-order valence-corrected chi connectivity index (χ2v) is 9.60. The number of rotatable bonds is 7. The van der Waals surface area contributed by atoms with Gasteiger partial charge in [-0.1, -0.05) is 42.1 Å². The van der Waals surface area contributed by atoms with E-state index in [1.165, 1.54) is 18.0 Å². The number of furan rings is 1. The number of ether oxygens (including phenoxy) is 1. The lowest BCUT2D eigenvalue weighted by atomic mass is 10.1. The van der Waals surface area contributed by atoms with Crippen LogP contribution in [-0.4, -0.2) is 74.9 Å². The Bertz CT molecular complexity index is 1370. The predicted molar refractivity (Wildman–Crippen MR) is 140 cm³/mol. The van der Waals surface area contributed by atoms with Gasteiger partial charge in [-0.25, -0.2) is 0 Å². The first-order valence-corrected chi connectivity index (χ1v) is 12.9. The van der Waals surface area contributed by atoms with Gasteiger partial charge in [0, 0.05) is 36.9 Å². The predicted octanol–water partition coefficient (Wildman–Crippen LogP) is 4.00. The number of nitrogens with zero attached hydrogens (tertiary/aromatic N) is 5. The molecule has 0 aliphatic carbocycles. The van der Waals surface area contributed by atoms with Gasteiger partial charge in [0.25, 0.3) is 5.91 Å². The summed E-state index contributed by atoms with van der Waals surface area (Å²) in [5.74, 6) is 1.76. The number of benzene rings is 2. The topological polar surface area (TPSA) is 93.7 Å². The Kier molecular flexibility index (Phi) is 7.27. The highest BCUT2D eigenvalue weighted by atomic mass is 32.2. The number of amides is 2. The maximum absolute atomic E-state index is 13.1. The van der Waals surface area contributed by atoms with Crippen LogP contribution in [-0.2, 0) is 4.79 Å². The van der Waals surface area contributed by atoms with E-state index in [9.17, 15) is 9.59 Å². The summed E-state index contributed by atoms with van der Waals surface area (Å²) in [5, 5.41) is 9.50. The molecule has 1 aliphatic heterocycles. The molecule has 0 spiro atoms. The SMILES string of the molecule is COc1cccc(-c2nnc(SCC(=O)N3CCN(C(=O)c4ccco4)C(C)C3)n2-c2ccccc2)c1. The van der Waals surface area contributed by atoms with Crippen molar-refractivity contribution in [2.45, 2.75) is 18.1 Å². The Morgan fingerprint density at radius 3 is 2.62 bits per heavy atom. The van der Waals surface area contributed by atoms with Crippen molar-refractivity contribution in [2.75, 3.05) is 32.5 Å². The first kappa shape index (κ1) is 24.6. The highest BCUT2D eigenvalue weighted by Crippen LogP contribution is 2.30. The van der Waals surface area contributed by atoms with Crippen molar-refractivity contribution < 1.29 is 18.7 Å². The van der Waals surface area contributed by atoms with Crippen molar-refractivity contribution >= 4 is 23.6 Å². The fourth-order valence-corrected chi connectivity index (χ4v) is 5.22. The molecular formula is C27H27N5O4S. The maximum Gasteiger partial charge on any atom is 0.289 e. The molecule has 2 aromatic heterocycles. The first-order valence-electron chi connectivity index (χ1n) is 12.0. The van der Waals surface area contributed by atoms with E-state index in [1.807, 2.05) is 66.1 Å². The van der Waals surface area contributed by atoms with E-state index >= 15 is 0 Å². The number of aromatic nitrogens is 3. The standard InChI is InChI=1S/C27H27N5O4S/c1-19-17-30(13-14-31(19)26(34)23-12-7-15-36-23)24(33)18-37-27-29-28-25(20-8-6-11-22(16-20)35-2)32(27)21-9-4-3-5-10-21/h3-12,15-16,19H,13-14,17-18H2,1-2H3. The lowest BCUT2D eigenvalue weighted by Crippen LogP contribution is -2.55. The summed E-state index contributed by atoms with van der Waals surface area (Å²) in [6, 6.07) is 20.7. The van der Waals surface area contributed by atoms with E-state index in [4.69, 9.17) is 9.15 Å². The third-order valence-electron chi connectivity index (χ3n) is 6.27. The zero-order valence-electron chi connectivity index (χ0n) is 20.6. The molecule has 1 atom stereocenters. The van der Waals surface area contributed by atoms with Crippen LogP contribution in [0.25, 0.3) is 17.1 Å². The van der Waals surface area contributed by atoms with Crippen molar-refractivity contribution in [3.63, 3.8) is 0 Å². The average Bonchev–Trinajstić information content (AvgIpc) is 3.62. The third kappa shape index (κ3) is 5.24. The van der Waals surface area contributed by atoms with Gasteiger partial charge < -0.3 is 19.0 Å². The summed E-state index contributed by atoms with van der Waals surface area (Å²) in [6.07, 6.45) is 1.49. The van der Waals surface area contributed by atoms with Crippen molar-refractivity contribution in [1.82, 2.24) is 24.6 Å². The third-order valence-corrected chi connectivity index (χ3v) is 7.19. The van der Waals surface area contributed by atoms with Crippen LogP contribution in [0.4, 0.5) is 0 Å². The number of carbonyl (C=O) groups excluding carboxylic acids is 2. The molecule has 190 valence electrons. The van der Waals surface area contributed by atoms with Gasteiger partial charge in [-0.05, 0) is 43.3 Å². The smallest absolute Gasteiger partial charge is 0.289 e. The van der Waals surface area contributed by atoms with Crippen molar-refractivity contribution in [2.24, 2.45) is 0 Å². The lowest BCUT2D eigenvalue weighted by Gasteiger charge is -2.39. The molecule has 0 radical (unpaired) electrons. The minimum Gasteiger partial charge on any atom is -0.497 e. The monoisotopic (exact) mass is 517 g/mol. The van der Waals surface area contributed by atoms with E-state index in [1.54, 1.807) is 29.0 Å². The van der Waals surface area contributed by atoms with Crippen LogP contribution in [0.1, 0.15) is 17.5 Å². The van der Waals surface area contributed by atoms with Crippen LogP contribution >= 0.6 is 11.8 Å². The molecule has 2 aromatic carbocycles. The zero-order chi connectivity index (χ0) is 25.8. The van der Waals surface area contributed by atoms with Gasteiger partial charge >= 0.3 is 0 Å². The molecule has 2 amide bonds. The summed E-state index contributed by atoms with van der Waals surface area (Å²) in [5.41, 5.74) is 1.76. The Morgan fingerprint density at radius 1 is 1.05 bits per heavy atom. The highest BCUT2D eigenvalue weighted by Gasteiger charge is 2.31. The fraction of sp³-hybridized carbons (Fsp3) is 0.259. The van der Waals surface area contributed by atoms with Gasteiger partial charge in [-0.3, -0.25) is 14.2 Å². The lowest BCUT2D eigenvalue weighted by molar-refractivity contribution is -0.130. The van der Waals surface area contributed by atoms with Crippen molar-refractivity contribution in [3.05, 3.63) is 78.8 Å². The Morgan fingerprint density at radius 2 is 1.89 bits per heavy atom. The van der Waals surface area contributed by atoms with Gasteiger partial charge in [-0.2, -0.15) is 0 Å². The van der Waals surface area contributed by atoms with Gasteiger partial charge in [-0.15, -0.1) is 10.2 Å².